The zero-order valence-corrected chi connectivity index (χ0v) is 11.0. The van der Waals surface area contributed by atoms with Crippen molar-refractivity contribution < 1.29 is 19.4 Å². The van der Waals surface area contributed by atoms with Gasteiger partial charge in [0.15, 0.2) is 0 Å². The van der Waals surface area contributed by atoms with Crippen LogP contribution in [0.25, 0.3) is 0 Å². The second-order valence-corrected chi connectivity index (χ2v) is 7.43. The number of carbonyl (C=O) groups is 1. The van der Waals surface area contributed by atoms with Crippen molar-refractivity contribution in [3.63, 3.8) is 0 Å². The first kappa shape index (κ1) is 14.6. The molecule has 0 amide bonds. The van der Waals surface area contributed by atoms with Crippen LogP contribution in [0.4, 0.5) is 0 Å². The Labute approximate surface area is 93.2 Å². The smallest absolute Gasteiger partial charge is 0.302 e. The van der Waals surface area contributed by atoms with E-state index in [1.54, 1.807) is 0 Å². The van der Waals surface area contributed by atoms with Gasteiger partial charge in [0, 0.05) is 22.3 Å². The third kappa shape index (κ3) is 11.5. The van der Waals surface area contributed by atoms with E-state index >= 15 is 0 Å². The van der Waals surface area contributed by atoms with Gasteiger partial charge in [-0.3, -0.25) is 4.79 Å². The van der Waals surface area contributed by atoms with E-state index in [9.17, 15) is 9.90 Å². The van der Waals surface area contributed by atoms with E-state index in [1.165, 1.54) is 13.0 Å². The molecule has 0 aromatic heterocycles. The summed E-state index contributed by atoms with van der Waals surface area (Å²) < 4.78 is 9.90. The van der Waals surface area contributed by atoms with Crippen LogP contribution in [0.2, 0.25) is 19.1 Å². The van der Waals surface area contributed by atoms with Crippen LogP contribution in [0.15, 0.2) is 0 Å². The molecular formula is C10H22O4Si. The number of ether oxygens (including phenoxy) is 2. The van der Waals surface area contributed by atoms with Gasteiger partial charge in [-0.1, -0.05) is 19.1 Å². The molecule has 0 aromatic carbocycles. The summed E-state index contributed by atoms with van der Waals surface area (Å²) in [7, 11) is -0.476. The molecule has 0 fully saturated rings. The normalized spacial score (nSPS) is 12.9. The highest BCUT2D eigenvalue weighted by atomic mass is 28.3. The van der Waals surface area contributed by atoms with E-state index in [0.717, 1.165) is 6.42 Å². The Balaban J connectivity index is 3.23. The molecule has 15 heavy (non-hydrogen) atoms. The van der Waals surface area contributed by atoms with Crippen molar-refractivity contribution in [2.75, 3.05) is 19.8 Å². The molecule has 1 N–H and O–H groups in total. The Hall–Kier alpha value is -0.393. The van der Waals surface area contributed by atoms with E-state index in [0.29, 0.717) is 6.61 Å². The van der Waals surface area contributed by atoms with Gasteiger partial charge in [0.2, 0.25) is 0 Å². The molecular weight excluding hydrogens is 212 g/mol. The average Bonchev–Trinajstić information content (AvgIpc) is 2.13. The minimum absolute atomic E-state index is 0.0221. The number of carbonyl (C=O) groups excluding carboxylic acids is 1. The third-order valence-electron chi connectivity index (χ3n) is 1.86. The molecule has 1 unspecified atom stereocenters. The van der Waals surface area contributed by atoms with Gasteiger partial charge < -0.3 is 14.6 Å². The molecule has 0 saturated heterocycles. The fourth-order valence-electron chi connectivity index (χ4n) is 1.07. The Kier molecular flexibility index (Phi) is 8.65. The molecule has 0 saturated carbocycles. The van der Waals surface area contributed by atoms with Crippen molar-refractivity contribution >= 4 is 14.8 Å². The summed E-state index contributed by atoms with van der Waals surface area (Å²) in [5.74, 6) is -0.375. The topological polar surface area (TPSA) is 55.8 Å². The number of aliphatic hydroxyl groups excluding tert-OH is 1. The van der Waals surface area contributed by atoms with Crippen molar-refractivity contribution in [3.05, 3.63) is 0 Å². The number of rotatable bonds is 8. The maximum atomic E-state index is 10.4. The van der Waals surface area contributed by atoms with Crippen molar-refractivity contribution in [2.45, 2.75) is 38.6 Å². The lowest BCUT2D eigenvalue weighted by atomic mass is 10.4. The lowest BCUT2D eigenvalue weighted by Gasteiger charge is -2.11. The second-order valence-electron chi connectivity index (χ2n) is 4.07. The van der Waals surface area contributed by atoms with E-state index in [-0.39, 0.29) is 19.2 Å². The molecule has 0 heterocycles. The van der Waals surface area contributed by atoms with Crippen molar-refractivity contribution in [1.29, 1.82) is 0 Å². The molecule has 5 heteroatoms. The summed E-state index contributed by atoms with van der Waals surface area (Å²) in [5.41, 5.74) is 0. The van der Waals surface area contributed by atoms with E-state index in [4.69, 9.17) is 4.74 Å². The van der Waals surface area contributed by atoms with Crippen LogP contribution >= 0.6 is 0 Å². The van der Waals surface area contributed by atoms with E-state index in [2.05, 4.69) is 17.8 Å². The molecule has 0 radical (unpaired) electrons. The number of aliphatic hydroxyl groups is 1. The quantitative estimate of drug-likeness (QED) is 0.383. The standard InChI is InChI=1S/C10H22O4Si/c1-9(11)14-8-10(12)7-13-5-4-6-15(2)3/h10,12,15H,4-8H2,1-3H3. The zero-order chi connectivity index (χ0) is 11.7. The van der Waals surface area contributed by atoms with Gasteiger partial charge in [-0.2, -0.15) is 0 Å². The van der Waals surface area contributed by atoms with Gasteiger partial charge in [-0.25, -0.2) is 0 Å². The van der Waals surface area contributed by atoms with Crippen molar-refractivity contribution in [1.82, 2.24) is 0 Å². The zero-order valence-electron chi connectivity index (χ0n) is 9.86. The summed E-state index contributed by atoms with van der Waals surface area (Å²) in [5, 5.41) is 9.31. The number of hydrogen-bond acceptors (Lipinski definition) is 4. The Morgan fingerprint density at radius 1 is 1.40 bits per heavy atom. The monoisotopic (exact) mass is 234 g/mol. The minimum atomic E-state index is -0.704. The molecule has 90 valence electrons. The first-order chi connectivity index (χ1) is 7.02. The SMILES string of the molecule is CC(=O)OCC(O)COCCC[SiH](C)C. The fraction of sp³-hybridized carbons (Fsp3) is 0.900. The Bertz CT molecular complexity index is 173. The first-order valence-corrected chi connectivity index (χ1v) is 8.54. The lowest BCUT2D eigenvalue weighted by molar-refractivity contribution is -0.145. The van der Waals surface area contributed by atoms with Gasteiger partial charge in [-0.15, -0.1) is 0 Å². The van der Waals surface area contributed by atoms with Gasteiger partial charge in [0.05, 0.1) is 6.61 Å². The molecule has 1 atom stereocenters. The Morgan fingerprint density at radius 2 is 2.07 bits per heavy atom. The maximum absolute atomic E-state index is 10.4. The van der Waals surface area contributed by atoms with Crippen molar-refractivity contribution in [2.24, 2.45) is 0 Å². The highest BCUT2D eigenvalue weighted by Crippen LogP contribution is 1.98. The average molecular weight is 234 g/mol. The van der Waals surface area contributed by atoms with Crippen LogP contribution in [-0.4, -0.2) is 45.8 Å². The van der Waals surface area contributed by atoms with E-state index in [1.807, 2.05) is 0 Å². The summed E-state index contributed by atoms with van der Waals surface area (Å²) in [6.07, 6.45) is 0.356. The van der Waals surface area contributed by atoms with Crippen LogP contribution in [0.1, 0.15) is 13.3 Å². The predicted molar refractivity (Wildman–Crippen MR) is 61.8 cm³/mol. The van der Waals surface area contributed by atoms with Crippen LogP contribution in [0.3, 0.4) is 0 Å². The largest absolute Gasteiger partial charge is 0.463 e. The van der Waals surface area contributed by atoms with Crippen LogP contribution in [-0.2, 0) is 14.3 Å². The van der Waals surface area contributed by atoms with Gasteiger partial charge in [0.1, 0.15) is 12.7 Å². The minimum Gasteiger partial charge on any atom is -0.463 e. The molecule has 0 rings (SSSR count). The molecule has 0 aliphatic rings. The van der Waals surface area contributed by atoms with Crippen LogP contribution in [0.5, 0.6) is 0 Å². The van der Waals surface area contributed by atoms with Crippen LogP contribution < -0.4 is 0 Å². The van der Waals surface area contributed by atoms with Crippen molar-refractivity contribution in [3.8, 4) is 0 Å². The van der Waals surface area contributed by atoms with Gasteiger partial charge >= 0.3 is 5.97 Å². The predicted octanol–water partition coefficient (Wildman–Crippen LogP) is 0.804. The third-order valence-corrected chi connectivity index (χ3v) is 3.42. The summed E-state index contributed by atoms with van der Waals surface area (Å²) in [6.45, 7) is 6.87. The highest BCUT2D eigenvalue weighted by molar-refractivity contribution is 6.55. The summed E-state index contributed by atoms with van der Waals surface area (Å²) >= 11 is 0. The first-order valence-electron chi connectivity index (χ1n) is 5.41. The number of hydrogen-bond donors (Lipinski definition) is 1. The summed E-state index contributed by atoms with van der Waals surface area (Å²) in [4.78, 5) is 10.4. The highest BCUT2D eigenvalue weighted by Gasteiger charge is 2.06. The maximum Gasteiger partial charge on any atom is 0.302 e. The Morgan fingerprint density at radius 3 is 2.60 bits per heavy atom. The molecule has 0 spiro atoms. The lowest BCUT2D eigenvalue weighted by Crippen LogP contribution is -2.23. The van der Waals surface area contributed by atoms with Gasteiger partial charge in [0.25, 0.3) is 0 Å². The molecule has 0 aromatic rings. The van der Waals surface area contributed by atoms with Gasteiger partial charge in [-0.05, 0) is 6.42 Å². The molecule has 4 nitrogen and oxygen atoms in total. The molecule has 0 aliphatic heterocycles. The second kappa shape index (κ2) is 8.88. The fourth-order valence-corrected chi connectivity index (χ4v) is 2.06. The molecule has 0 bridgehead atoms. The molecule has 0 aliphatic carbocycles. The summed E-state index contributed by atoms with van der Waals surface area (Å²) in [6, 6.07) is 1.26. The van der Waals surface area contributed by atoms with Crippen LogP contribution in [0, 0.1) is 0 Å². The number of esters is 1. The van der Waals surface area contributed by atoms with E-state index < -0.39 is 14.9 Å².